The highest BCUT2D eigenvalue weighted by Crippen LogP contribution is 2.46. The highest BCUT2D eigenvalue weighted by Gasteiger charge is 2.36. The SMILES string of the molecule is O[C@H]1CCCC(C(CI)C2CCC(C3CCC3)CC2)C1. The molecule has 0 heterocycles. The summed E-state index contributed by atoms with van der Waals surface area (Å²) >= 11 is 2.62. The summed E-state index contributed by atoms with van der Waals surface area (Å²) in [5, 5.41) is 9.97. The maximum atomic E-state index is 9.97. The van der Waals surface area contributed by atoms with E-state index in [1.807, 2.05) is 0 Å². The van der Waals surface area contributed by atoms with Crippen LogP contribution in [0, 0.1) is 29.6 Å². The molecule has 1 nitrogen and oxygen atoms in total. The Kier molecular flexibility index (Phi) is 5.69. The van der Waals surface area contributed by atoms with E-state index in [0.29, 0.717) is 0 Å². The van der Waals surface area contributed by atoms with Crippen molar-refractivity contribution in [3.05, 3.63) is 0 Å². The minimum absolute atomic E-state index is 0.00511. The van der Waals surface area contributed by atoms with Gasteiger partial charge in [-0.2, -0.15) is 0 Å². The molecule has 0 radical (unpaired) electrons. The number of aliphatic hydroxyl groups excluding tert-OH is 1. The maximum Gasteiger partial charge on any atom is 0.0543 e. The van der Waals surface area contributed by atoms with Gasteiger partial charge in [-0.3, -0.25) is 0 Å². The number of alkyl halides is 1. The molecule has 3 atom stereocenters. The normalized spacial score (nSPS) is 41.1. The molecule has 3 rings (SSSR count). The fraction of sp³-hybridized carbons (Fsp3) is 1.00. The van der Waals surface area contributed by atoms with Crippen molar-refractivity contribution in [2.45, 2.75) is 76.7 Å². The van der Waals surface area contributed by atoms with Crippen LogP contribution >= 0.6 is 22.6 Å². The van der Waals surface area contributed by atoms with Crippen LogP contribution < -0.4 is 0 Å². The summed E-state index contributed by atoms with van der Waals surface area (Å²) in [6.07, 6.45) is 15.4. The second kappa shape index (κ2) is 7.30. The van der Waals surface area contributed by atoms with E-state index in [9.17, 15) is 5.11 Å². The summed E-state index contributed by atoms with van der Waals surface area (Å²) in [5.74, 6) is 4.87. The molecule has 0 amide bonds. The average molecular weight is 390 g/mol. The molecule has 0 aromatic heterocycles. The summed E-state index contributed by atoms with van der Waals surface area (Å²) in [6, 6.07) is 0. The van der Waals surface area contributed by atoms with Gasteiger partial charge in [0.25, 0.3) is 0 Å². The van der Waals surface area contributed by atoms with E-state index in [1.165, 1.54) is 62.2 Å². The molecule has 3 aliphatic rings. The molecule has 0 bridgehead atoms. The summed E-state index contributed by atoms with van der Waals surface area (Å²) < 4.78 is 1.31. The van der Waals surface area contributed by atoms with Gasteiger partial charge in [0, 0.05) is 4.43 Å². The van der Waals surface area contributed by atoms with Gasteiger partial charge in [-0.05, 0) is 74.5 Å². The molecule has 0 saturated heterocycles. The van der Waals surface area contributed by atoms with E-state index in [4.69, 9.17) is 0 Å². The van der Waals surface area contributed by atoms with Gasteiger partial charge in [-0.1, -0.05) is 48.3 Å². The van der Waals surface area contributed by atoms with Gasteiger partial charge in [0.15, 0.2) is 0 Å². The fourth-order valence-electron chi connectivity index (χ4n) is 5.18. The van der Waals surface area contributed by atoms with E-state index in [2.05, 4.69) is 22.6 Å². The third-order valence-corrected chi connectivity index (χ3v) is 7.73. The lowest BCUT2D eigenvalue weighted by atomic mass is 9.64. The predicted octanol–water partition coefficient (Wildman–Crippen LogP) is 5.20. The second-order valence-electron chi connectivity index (χ2n) is 7.76. The molecule has 3 aliphatic carbocycles. The maximum absolute atomic E-state index is 9.97. The average Bonchev–Trinajstić information content (AvgIpc) is 2.40. The summed E-state index contributed by atoms with van der Waals surface area (Å²) in [4.78, 5) is 0. The first-order chi connectivity index (χ1) is 9.78. The monoisotopic (exact) mass is 390 g/mol. The Labute approximate surface area is 138 Å². The summed E-state index contributed by atoms with van der Waals surface area (Å²) in [6.45, 7) is 0. The number of halogens is 1. The van der Waals surface area contributed by atoms with Crippen molar-refractivity contribution in [3.63, 3.8) is 0 Å². The molecule has 0 spiro atoms. The summed E-state index contributed by atoms with van der Waals surface area (Å²) in [5.41, 5.74) is 0. The number of aliphatic hydroxyl groups is 1. The molecule has 1 N–H and O–H groups in total. The van der Waals surface area contributed by atoms with E-state index >= 15 is 0 Å². The molecule has 0 aromatic rings. The Morgan fingerprint density at radius 3 is 2.00 bits per heavy atom. The molecule has 20 heavy (non-hydrogen) atoms. The van der Waals surface area contributed by atoms with Crippen molar-refractivity contribution < 1.29 is 5.11 Å². The second-order valence-corrected chi connectivity index (χ2v) is 8.65. The highest BCUT2D eigenvalue weighted by atomic mass is 127. The van der Waals surface area contributed by atoms with Crippen LogP contribution in [0.1, 0.15) is 70.6 Å². The quantitative estimate of drug-likeness (QED) is 0.517. The Balaban J connectivity index is 1.51. The van der Waals surface area contributed by atoms with Crippen molar-refractivity contribution in [2.24, 2.45) is 29.6 Å². The van der Waals surface area contributed by atoms with Crippen LogP contribution in [-0.2, 0) is 0 Å². The van der Waals surface area contributed by atoms with Gasteiger partial charge >= 0.3 is 0 Å². The Bertz CT molecular complexity index is 294. The van der Waals surface area contributed by atoms with Gasteiger partial charge in [0.1, 0.15) is 0 Å². The van der Waals surface area contributed by atoms with Crippen LogP contribution in [-0.4, -0.2) is 15.6 Å². The minimum atomic E-state index is 0.00511. The zero-order valence-electron chi connectivity index (χ0n) is 12.8. The predicted molar refractivity (Wildman–Crippen MR) is 93.1 cm³/mol. The van der Waals surface area contributed by atoms with E-state index < -0.39 is 0 Å². The molecule has 0 aliphatic heterocycles. The van der Waals surface area contributed by atoms with Gasteiger partial charge in [0.2, 0.25) is 0 Å². The lowest BCUT2D eigenvalue weighted by molar-refractivity contribution is 0.0525. The van der Waals surface area contributed by atoms with Gasteiger partial charge in [-0.25, -0.2) is 0 Å². The fourth-order valence-corrected chi connectivity index (χ4v) is 6.62. The zero-order chi connectivity index (χ0) is 13.9. The van der Waals surface area contributed by atoms with Crippen molar-refractivity contribution in [3.8, 4) is 0 Å². The van der Waals surface area contributed by atoms with Crippen molar-refractivity contribution >= 4 is 22.6 Å². The minimum Gasteiger partial charge on any atom is -0.393 e. The number of hydrogen-bond donors (Lipinski definition) is 1. The van der Waals surface area contributed by atoms with Gasteiger partial charge in [0.05, 0.1) is 6.10 Å². The Hall–Kier alpha value is 0.690. The molecule has 3 fully saturated rings. The molecule has 3 saturated carbocycles. The topological polar surface area (TPSA) is 20.2 Å². The molecule has 2 unspecified atom stereocenters. The van der Waals surface area contributed by atoms with Crippen LogP contribution in [0.2, 0.25) is 0 Å². The van der Waals surface area contributed by atoms with Crippen LogP contribution in [0.3, 0.4) is 0 Å². The third-order valence-electron chi connectivity index (χ3n) is 6.71. The molecular formula is C18H31IO. The first-order valence-electron chi connectivity index (χ1n) is 9.02. The van der Waals surface area contributed by atoms with Gasteiger partial charge < -0.3 is 5.11 Å². The number of rotatable bonds is 4. The van der Waals surface area contributed by atoms with E-state index in [1.54, 1.807) is 0 Å². The molecule has 2 heteroatoms. The van der Waals surface area contributed by atoms with Crippen LogP contribution in [0.4, 0.5) is 0 Å². The molecule has 116 valence electrons. The zero-order valence-corrected chi connectivity index (χ0v) is 14.9. The van der Waals surface area contributed by atoms with Crippen LogP contribution in [0.15, 0.2) is 0 Å². The van der Waals surface area contributed by atoms with Crippen molar-refractivity contribution in [1.82, 2.24) is 0 Å². The standard InChI is InChI=1S/C18H31IO/c19-12-18(16-5-2-6-17(20)11-16)15-9-7-14(8-10-15)13-3-1-4-13/h13-18,20H,1-12H2/t14?,15?,16?,17-,18?/m0/s1. The van der Waals surface area contributed by atoms with Crippen LogP contribution in [0.5, 0.6) is 0 Å². The van der Waals surface area contributed by atoms with Crippen LogP contribution in [0.25, 0.3) is 0 Å². The Morgan fingerprint density at radius 2 is 1.45 bits per heavy atom. The summed E-state index contributed by atoms with van der Waals surface area (Å²) in [7, 11) is 0. The molecular weight excluding hydrogens is 359 g/mol. The smallest absolute Gasteiger partial charge is 0.0543 e. The number of hydrogen-bond acceptors (Lipinski definition) is 1. The van der Waals surface area contributed by atoms with E-state index in [0.717, 1.165) is 42.4 Å². The van der Waals surface area contributed by atoms with Crippen molar-refractivity contribution in [2.75, 3.05) is 4.43 Å². The Morgan fingerprint density at radius 1 is 0.800 bits per heavy atom. The van der Waals surface area contributed by atoms with Gasteiger partial charge in [-0.15, -0.1) is 0 Å². The first kappa shape index (κ1) is 15.6. The molecule has 0 aromatic carbocycles. The highest BCUT2D eigenvalue weighted by molar-refractivity contribution is 14.1. The van der Waals surface area contributed by atoms with E-state index in [-0.39, 0.29) is 6.10 Å². The largest absolute Gasteiger partial charge is 0.393 e. The lowest BCUT2D eigenvalue weighted by Crippen LogP contribution is -2.34. The first-order valence-corrected chi connectivity index (χ1v) is 10.5. The third kappa shape index (κ3) is 3.53. The van der Waals surface area contributed by atoms with Crippen molar-refractivity contribution in [1.29, 1.82) is 0 Å². The lowest BCUT2D eigenvalue weighted by Gasteiger charge is -2.43.